The van der Waals surface area contributed by atoms with Crippen LogP contribution in [-0.2, 0) is 11.3 Å². The molecule has 1 aromatic heterocycles. The zero-order valence-electron chi connectivity index (χ0n) is 14.7. The summed E-state index contributed by atoms with van der Waals surface area (Å²) in [5.41, 5.74) is 1.05. The van der Waals surface area contributed by atoms with E-state index in [0.717, 1.165) is 0 Å². The number of esters is 1. The van der Waals surface area contributed by atoms with Gasteiger partial charge in [-0.05, 0) is 35.9 Å². The zero-order valence-corrected chi connectivity index (χ0v) is 14.7. The molecule has 8 nitrogen and oxygen atoms in total. The van der Waals surface area contributed by atoms with E-state index in [-0.39, 0.29) is 12.4 Å². The summed E-state index contributed by atoms with van der Waals surface area (Å²) in [5, 5.41) is 3.00. The molecular weight excluding hydrogens is 350 g/mol. The van der Waals surface area contributed by atoms with Crippen molar-refractivity contribution >= 4 is 22.8 Å². The molecule has 2 aromatic carbocycles. The van der Waals surface area contributed by atoms with Gasteiger partial charge in [0.2, 0.25) is 0 Å². The second kappa shape index (κ2) is 7.69. The average molecular weight is 367 g/mol. The van der Waals surface area contributed by atoms with E-state index in [1.807, 2.05) is 0 Å². The Kier molecular flexibility index (Phi) is 5.16. The molecule has 0 aliphatic heterocycles. The van der Waals surface area contributed by atoms with Crippen LogP contribution in [0.4, 0.5) is 0 Å². The number of methoxy groups -OCH3 is 2. The van der Waals surface area contributed by atoms with Gasteiger partial charge in [-0.25, -0.2) is 9.78 Å². The maximum absolute atomic E-state index is 12.4. The lowest BCUT2D eigenvalue weighted by atomic mass is 10.1. The van der Waals surface area contributed by atoms with Gasteiger partial charge in [-0.2, -0.15) is 0 Å². The van der Waals surface area contributed by atoms with Gasteiger partial charge in [-0.15, -0.1) is 0 Å². The molecule has 3 aromatic rings. The summed E-state index contributed by atoms with van der Waals surface area (Å²) in [6.45, 7) is 0.161. The van der Waals surface area contributed by atoms with Crippen LogP contribution in [0.1, 0.15) is 26.5 Å². The normalized spacial score (nSPS) is 10.4. The Morgan fingerprint density at radius 2 is 1.96 bits per heavy atom. The second-order valence-electron chi connectivity index (χ2n) is 5.67. The first-order valence-electron chi connectivity index (χ1n) is 8.05. The van der Waals surface area contributed by atoms with Crippen molar-refractivity contribution < 1.29 is 19.1 Å². The lowest BCUT2D eigenvalue weighted by molar-refractivity contribution is 0.0600. The Hall–Kier alpha value is -3.68. The fourth-order valence-electron chi connectivity index (χ4n) is 2.54. The highest BCUT2D eigenvalue weighted by molar-refractivity contribution is 5.93. The summed E-state index contributed by atoms with van der Waals surface area (Å²) in [6, 6.07) is 11.5. The van der Waals surface area contributed by atoms with Crippen LogP contribution in [0.25, 0.3) is 10.9 Å². The lowest BCUT2D eigenvalue weighted by Crippen LogP contribution is -2.27. The van der Waals surface area contributed by atoms with Gasteiger partial charge < -0.3 is 19.8 Å². The van der Waals surface area contributed by atoms with Gasteiger partial charge in [0.1, 0.15) is 5.75 Å². The second-order valence-corrected chi connectivity index (χ2v) is 5.67. The number of rotatable bonds is 5. The number of carbonyl (C=O) groups is 2. The number of benzene rings is 2. The molecule has 8 heteroatoms. The summed E-state index contributed by atoms with van der Waals surface area (Å²) >= 11 is 0. The Morgan fingerprint density at radius 3 is 2.70 bits per heavy atom. The van der Waals surface area contributed by atoms with Crippen molar-refractivity contribution in [2.45, 2.75) is 6.54 Å². The minimum Gasteiger partial charge on any atom is -0.497 e. The minimum atomic E-state index is -0.534. The van der Waals surface area contributed by atoms with Crippen LogP contribution in [0, 0.1) is 0 Å². The number of aromatic amines is 1. The Bertz CT molecular complexity index is 1070. The van der Waals surface area contributed by atoms with E-state index in [1.165, 1.54) is 14.2 Å². The molecule has 1 heterocycles. The van der Waals surface area contributed by atoms with Crippen molar-refractivity contribution in [2.24, 2.45) is 0 Å². The van der Waals surface area contributed by atoms with Crippen LogP contribution in [0.3, 0.4) is 0 Å². The monoisotopic (exact) mass is 367 g/mol. The van der Waals surface area contributed by atoms with Gasteiger partial charge in [-0.1, -0.05) is 12.1 Å². The molecule has 0 bridgehead atoms. The van der Waals surface area contributed by atoms with E-state index in [4.69, 9.17) is 4.74 Å². The number of hydrogen-bond donors (Lipinski definition) is 2. The van der Waals surface area contributed by atoms with E-state index in [9.17, 15) is 14.4 Å². The molecule has 0 saturated heterocycles. The summed E-state index contributed by atoms with van der Waals surface area (Å²) in [6.07, 6.45) is 0. The maximum atomic E-state index is 12.4. The van der Waals surface area contributed by atoms with Gasteiger partial charge in [0.15, 0.2) is 5.82 Å². The first-order chi connectivity index (χ1) is 13.0. The van der Waals surface area contributed by atoms with E-state index < -0.39 is 17.4 Å². The summed E-state index contributed by atoms with van der Waals surface area (Å²) in [4.78, 5) is 42.8. The Morgan fingerprint density at radius 1 is 1.15 bits per heavy atom. The van der Waals surface area contributed by atoms with Crippen LogP contribution in [0.2, 0.25) is 0 Å². The topological polar surface area (TPSA) is 110 Å². The van der Waals surface area contributed by atoms with Crippen LogP contribution < -0.4 is 15.6 Å². The Balaban J connectivity index is 1.78. The van der Waals surface area contributed by atoms with Gasteiger partial charge in [-0.3, -0.25) is 9.59 Å². The molecule has 0 aliphatic carbocycles. The summed E-state index contributed by atoms with van der Waals surface area (Å²) in [7, 11) is 2.80. The number of H-pyrrole nitrogens is 1. The number of aromatic nitrogens is 2. The van der Waals surface area contributed by atoms with Crippen molar-refractivity contribution in [3.8, 4) is 5.75 Å². The third kappa shape index (κ3) is 3.95. The lowest BCUT2D eigenvalue weighted by Gasteiger charge is -2.07. The van der Waals surface area contributed by atoms with Gasteiger partial charge in [0.25, 0.3) is 11.5 Å². The average Bonchev–Trinajstić information content (AvgIpc) is 2.71. The first-order valence-corrected chi connectivity index (χ1v) is 8.05. The molecule has 0 spiro atoms. The SMILES string of the molecule is COC(=O)c1cccc(CNC(=O)c2nc3ccc(OC)cc3c(=O)[nH]2)c1. The number of ether oxygens (including phenoxy) is 2. The molecule has 0 saturated carbocycles. The van der Waals surface area contributed by atoms with E-state index in [0.29, 0.717) is 27.8 Å². The molecule has 3 rings (SSSR count). The van der Waals surface area contributed by atoms with E-state index in [1.54, 1.807) is 42.5 Å². The van der Waals surface area contributed by atoms with Crippen molar-refractivity contribution in [1.82, 2.24) is 15.3 Å². The minimum absolute atomic E-state index is 0.0956. The van der Waals surface area contributed by atoms with Crippen LogP contribution >= 0.6 is 0 Å². The van der Waals surface area contributed by atoms with Gasteiger partial charge in [0, 0.05) is 6.54 Å². The number of fused-ring (bicyclic) bond motifs is 1. The molecule has 0 radical (unpaired) electrons. The summed E-state index contributed by atoms with van der Waals surface area (Å²) in [5.74, 6) is -0.563. The number of hydrogen-bond acceptors (Lipinski definition) is 6. The van der Waals surface area contributed by atoms with E-state index >= 15 is 0 Å². The third-order valence-corrected chi connectivity index (χ3v) is 3.93. The highest BCUT2D eigenvalue weighted by Crippen LogP contribution is 2.16. The number of carbonyl (C=O) groups excluding carboxylic acids is 2. The maximum Gasteiger partial charge on any atom is 0.337 e. The van der Waals surface area contributed by atoms with Crippen molar-refractivity contribution in [2.75, 3.05) is 14.2 Å². The molecule has 0 atom stereocenters. The van der Waals surface area contributed by atoms with Crippen molar-refractivity contribution in [1.29, 1.82) is 0 Å². The van der Waals surface area contributed by atoms with Gasteiger partial charge >= 0.3 is 5.97 Å². The third-order valence-electron chi connectivity index (χ3n) is 3.93. The molecule has 2 N–H and O–H groups in total. The molecule has 0 aliphatic rings. The molecule has 27 heavy (non-hydrogen) atoms. The highest BCUT2D eigenvalue weighted by Gasteiger charge is 2.12. The molecule has 1 amide bonds. The molecule has 0 fully saturated rings. The number of amides is 1. The molecule has 0 unspecified atom stereocenters. The smallest absolute Gasteiger partial charge is 0.337 e. The number of nitrogens with one attached hydrogen (secondary N) is 2. The summed E-state index contributed by atoms with van der Waals surface area (Å²) < 4.78 is 9.76. The van der Waals surface area contributed by atoms with Crippen molar-refractivity contribution in [3.63, 3.8) is 0 Å². The van der Waals surface area contributed by atoms with Crippen LogP contribution in [0.5, 0.6) is 5.75 Å². The fraction of sp³-hybridized carbons (Fsp3) is 0.158. The number of nitrogens with zero attached hydrogens (tertiary/aromatic N) is 1. The quantitative estimate of drug-likeness (QED) is 0.664. The largest absolute Gasteiger partial charge is 0.497 e. The Labute approximate surface area is 154 Å². The first kappa shape index (κ1) is 18.1. The predicted octanol–water partition coefficient (Wildman–Crippen LogP) is 1.65. The van der Waals surface area contributed by atoms with Crippen LogP contribution in [0.15, 0.2) is 47.3 Å². The fourth-order valence-corrected chi connectivity index (χ4v) is 2.54. The van der Waals surface area contributed by atoms with Crippen LogP contribution in [-0.4, -0.2) is 36.1 Å². The van der Waals surface area contributed by atoms with E-state index in [2.05, 4.69) is 20.0 Å². The van der Waals surface area contributed by atoms with Gasteiger partial charge in [0.05, 0.1) is 30.7 Å². The predicted molar refractivity (Wildman–Crippen MR) is 97.9 cm³/mol. The zero-order chi connectivity index (χ0) is 19.4. The standard InChI is InChI=1S/C19H17N3O5/c1-26-13-6-7-15-14(9-13)17(23)22-16(21-15)18(24)20-10-11-4-3-5-12(8-11)19(25)27-2/h3-9H,10H2,1-2H3,(H,20,24)(H,21,22,23). The van der Waals surface area contributed by atoms with Crippen molar-refractivity contribution in [3.05, 3.63) is 69.8 Å². The molecule has 138 valence electrons. The molecular formula is C19H17N3O5. The highest BCUT2D eigenvalue weighted by atomic mass is 16.5.